The van der Waals surface area contributed by atoms with Crippen LogP contribution in [0.15, 0.2) is 181 Å². The van der Waals surface area contributed by atoms with Gasteiger partial charge >= 0.3 is 0 Å². The molecule has 2 atom stereocenters. The lowest BCUT2D eigenvalue weighted by molar-refractivity contribution is 0.409. The van der Waals surface area contributed by atoms with Gasteiger partial charge in [0.2, 0.25) is 0 Å². The molecule has 0 bridgehead atoms. The van der Waals surface area contributed by atoms with E-state index in [0.717, 1.165) is 33.9 Å². The molecule has 5 nitrogen and oxygen atoms in total. The third kappa shape index (κ3) is 4.55. The van der Waals surface area contributed by atoms with Crippen LogP contribution in [0.5, 0.6) is 0 Å². The Hall–Kier alpha value is -6.43. The zero-order chi connectivity index (χ0) is 33.0. The first-order valence-electron chi connectivity index (χ1n) is 17.1. The summed E-state index contributed by atoms with van der Waals surface area (Å²) in [5, 5.41) is 12.4. The number of amidine groups is 1. The van der Waals surface area contributed by atoms with Gasteiger partial charge in [-0.25, -0.2) is 4.99 Å². The molecule has 9 aromatic rings. The van der Waals surface area contributed by atoms with E-state index in [1.165, 1.54) is 43.6 Å². The van der Waals surface area contributed by atoms with E-state index in [1.807, 2.05) is 6.07 Å². The van der Waals surface area contributed by atoms with E-state index in [4.69, 9.17) is 4.99 Å². The minimum atomic E-state index is -0.253. The summed E-state index contributed by atoms with van der Waals surface area (Å²) in [6.45, 7) is 0. The average Bonchev–Trinajstić information content (AvgIpc) is 3.72. The summed E-state index contributed by atoms with van der Waals surface area (Å²) < 4.78 is 4.85. The Balaban J connectivity index is 1.19. The van der Waals surface area contributed by atoms with Crippen LogP contribution in [0.4, 0.5) is 0 Å². The molecule has 7 aromatic carbocycles. The number of hydrogen-bond donors (Lipinski definition) is 2. The first-order chi connectivity index (χ1) is 24.8. The number of hydrogen-bond acceptors (Lipinski definition) is 3. The molecule has 1 aliphatic heterocycles. The second kappa shape index (κ2) is 11.6. The number of nitrogens with one attached hydrogen (secondary N) is 2. The quantitative estimate of drug-likeness (QED) is 0.196. The lowest BCUT2D eigenvalue weighted by Crippen LogP contribution is -2.44. The highest BCUT2D eigenvalue weighted by Gasteiger charge is 2.26. The van der Waals surface area contributed by atoms with Crippen molar-refractivity contribution in [1.82, 2.24) is 19.8 Å². The topological polar surface area (TPSA) is 46.3 Å². The molecule has 2 unspecified atom stereocenters. The summed E-state index contributed by atoms with van der Waals surface area (Å²) >= 11 is 0. The third-order valence-corrected chi connectivity index (χ3v) is 9.97. The predicted molar refractivity (Wildman–Crippen MR) is 206 cm³/mol. The molecule has 1 aliphatic rings. The monoisotopic (exact) mass is 643 g/mol. The third-order valence-electron chi connectivity index (χ3n) is 9.97. The SMILES string of the molecule is c1ccc(C2=NC(c3cccc(-n4c5ccccc5c5c4ccc4c6ccccc6n(-c6ccccc6)c45)c3)NC(c3ccccc3)N2)cc1. The van der Waals surface area contributed by atoms with Crippen molar-refractivity contribution in [2.75, 3.05) is 0 Å². The maximum absolute atomic E-state index is 5.24. The molecule has 0 aliphatic carbocycles. The van der Waals surface area contributed by atoms with Gasteiger partial charge in [0.15, 0.2) is 0 Å². The Bertz CT molecular complexity index is 2710. The summed E-state index contributed by atoms with van der Waals surface area (Å²) in [7, 11) is 0. The number of nitrogens with zero attached hydrogens (tertiary/aromatic N) is 3. The molecule has 0 radical (unpaired) electrons. The van der Waals surface area contributed by atoms with Gasteiger partial charge in [-0.15, -0.1) is 0 Å². The molecular formula is C45H33N5. The minimum absolute atomic E-state index is 0.0982. The lowest BCUT2D eigenvalue weighted by atomic mass is 10.1. The second-order valence-corrected chi connectivity index (χ2v) is 12.9. The standard InChI is InChI=1S/C45H33N5/c1-4-15-30(16-5-1)43-46-44(31-17-6-2-7-18-31)48-45(47-43)32-19-14-22-34(29-32)49-39-26-13-11-24-37(39)41-40(49)28-27-36-35-23-10-12-25-38(35)50(42(36)41)33-20-8-3-9-21-33/h1-29,43,45,47H,(H,46,48). The van der Waals surface area contributed by atoms with E-state index in [0.29, 0.717) is 0 Å². The van der Waals surface area contributed by atoms with Crippen molar-refractivity contribution < 1.29 is 0 Å². The van der Waals surface area contributed by atoms with Crippen LogP contribution in [0.1, 0.15) is 29.0 Å². The Morgan fingerprint density at radius 3 is 1.86 bits per heavy atom. The molecule has 3 heterocycles. The highest BCUT2D eigenvalue weighted by atomic mass is 15.3. The molecule has 10 rings (SSSR count). The highest BCUT2D eigenvalue weighted by Crippen LogP contribution is 2.42. The zero-order valence-corrected chi connectivity index (χ0v) is 27.2. The molecule has 0 saturated heterocycles. The van der Waals surface area contributed by atoms with Crippen LogP contribution >= 0.6 is 0 Å². The van der Waals surface area contributed by atoms with Gasteiger partial charge in [-0.1, -0.05) is 133 Å². The summed E-state index contributed by atoms with van der Waals surface area (Å²) in [5.41, 5.74) is 10.4. The molecule has 238 valence electrons. The van der Waals surface area contributed by atoms with E-state index in [2.05, 4.69) is 190 Å². The van der Waals surface area contributed by atoms with E-state index in [1.54, 1.807) is 0 Å². The Morgan fingerprint density at radius 2 is 1.08 bits per heavy atom. The van der Waals surface area contributed by atoms with Crippen LogP contribution in [0.2, 0.25) is 0 Å². The number of para-hydroxylation sites is 3. The number of aromatic nitrogens is 2. The van der Waals surface area contributed by atoms with Crippen LogP contribution < -0.4 is 10.6 Å². The van der Waals surface area contributed by atoms with Crippen molar-refractivity contribution in [3.05, 3.63) is 193 Å². The number of benzene rings is 7. The van der Waals surface area contributed by atoms with Crippen molar-refractivity contribution in [1.29, 1.82) is 0 Å². The van der Waals surface area contributed by atoms with Crippen LogP contribution in [-0.4, -0.2) is 15.0 Å². The van der Waals surface area contributed by atoms with Crippen LogP contribution in [0, 0.1) is 0 Å². The molecule has 2 aromatic heterocycles. The van der Waals surface area contributed by atoms with Crippen molar-refractivity contribution in [2.45, 2.75) is 12.3 Å². The number of rotatable bonds is 5. The van der Waals surface area contributed by atoms with Crippen LogP contribution in [0.3, 0.4) is 0 Å². The molecule has 50 heavy (non-hydrogen) atoms. The molecule has 0 fully saturated rings. The number of fused-ring (bicyclic) bond motifs is 7. The van der Waals surface area contributed by atoms with Gasteiger partial charge in [-0.2, -0.15) is 0 Å². The van der Waals surface area contributed by atoms with Gasteiger partial charge in [-0.05, 0) is 53.6 Å². The second-order valence-electron chi connectivity index (χ2n) is 12.9. The highest BCUT2D eigenvalue weighted by molar-refractivity contribution is 6.26. The fourth-order valence-electron chi connectivity index (χ4n) is 7.76. The van der Waals surface area contributed by atoms with Crippen molar-refractivity contribution in [3.8, 4) is 11.4 Å². The normalized spacial score (nSPS) is 16.2. The molecule has 2 N–H and O–H groups in total. The Labute approximate surface area is 289 Å². The van der Waals surface area contributed by atoms with Crippen molar-refractivity contribution >= 4 is 49.4 Å². The maximum Gasteiger partial charge on any atom is 0.131 e. The summed E-state index contributed by atoms with van der Waals surface area (Å²) in [6.07, 6.45) is -0.351. The fourth-order valence-corrected chi connectivity index (χ4v) is 7.76. The molecule has 0 spiro atoms. The summed E-state index contributed by atoms with van der Waals surface area (Å²) in [4.78, 5) is 5.24. The maximum atomic E-state index is 5.24. The van der Waals surface area contributed by atoms with Gasteiger partial charge in [0.1, 0.15) is 18.2 Å². The van der Waals surface area contributed by atoms with Crippen molar-refractivity contribution in [3.63, 3.8) is 0 Å². The Morgan fingerprint density at radius 1 is 0.460 bits per heavy atom. The van der Waals surface area contributed by atoms with Gasteiger partial charge in [-0.3, -0.25) is 5.32 Å². The lowest BCUT2D eigenvalue weighted by Gasteiger charge is -2.32. The van der Waals surface area contributed by atoms with Gasteiger partial charge in [0.05, 0.1) is 22.1 Å². The van der Waals surface area contributed by atoms with E-state index < -0.39 is 0 Å². The first kappa shape index (κ1) is 28.6. The Kier molecular flexibility index (Phi) is 6.64. The fraction of sp³-hybridized carbons (Fsp3) is 0.0444. The van der Waals surface area contributed by atoms with Crippen LogP contribution in [-0.2, 0) is 0 Å². The molecule has 5 heteroatoms. The summed E-state index contributed by atoms with van der Waals surface area (Å²) in [5.74, 6) is 0.876. The largest absolute Gasteiger partial charge is 0.350 e. The molecular weight excluding hydrogens is 611 g/mol. The number of aliphatic imine (C=N–C) groups is 1. The minimum Gasteiger partial charge on any atom is -0.350 e. The predicted octanol–water partition coefficient (Wildman–Crippen LogP) is 10.2. The van der Waals surface area contributed by atoms with E-state index in [-0.39, 0.29) is 12.3 Å². The van der Waals surface area contributed by atoms with Gasteiger partial charge in [0, 0.05) is 38.5 Å². The molecule has 0 amide bonds. The van der Waals surface area contributed by atoms with E-state index >= 15 is 0 Å². The smallest absolute Gasteiger partial charge is 0.131 e. The first-order valence-corrected chi connectivity index (χ1v) is 17.1. The van der Waals surface area contributed by atoms with Crippen molar-refractivity contribution in [2.24, 2.45) is 4.99 Å². The van der Waals surface area contributed by atoms with E-state index in [9.17, 15) is 0 Å². The average molecular weight is 644 g/mol. The molecule has 0 saturated carbocycles. The van der Waals surface area contributed by atoms with Gasteiger partial charge < -0.3 is 14.5 Å². The zero-order valence-electron chi connectivity index (χ0n) is 27.2. The summed E-state index contributed by atoms with van der Waals surface area (Å²) in [6, 6.07) is 62.6. The van der Waals surface area contributed by atoms with Gasteiger partial charge in [0.25, 0.3) is 0 Å². The van der Waals surface area contributed by atoms with Crippen LogP contribution in [0.25, 0.3) is 55.0 Å².